The highest BCUT2D eigenvalue weighted by molar-refractivity contribution is 5.35. The Morgan fingerprint density at radius 3 is 3.00 bits per heavy atom. The monoisotopic (exact) mass is 263 g/mol. The highest BCUT2D eigenvalue weighted by Crippen LogP contribution is 2.13. The van der Waals surface area contributed by atoms with E-state index in [9.17, 15) is 0 Å². The van der Waals surface area contributed by atoms with Crippen molar-refractivity contribution in [3.63, 3.8) is 0 Å². The molecule has 19 heavy (non-hydrogen) atoms. The number of ether oxygens (including phenoxy) is 1. The Bertz CT molecular complexity index is 366. The summed E-state index contributed by atoms with van der Waals surface area (Å²) >= 11 is 0. The molecule has 1 saturated heterocycles. The zero-order valence-electron chi connectivity index (χ0n) is 12.1. The van der Waals surface area contributed by atoms with Gasteiger partial charge in [0, 0.05) is 32.4 Å². The molecule has 2 heterocycles. The quantitative estimate of drug-likeness (QED) is 0.856. The molecule has 1 aromatic heterocycles. The van der Waals surface area contributed by atoms with Crippen LogP contribution in [0.4, 0.5) is 5.82 Å². The van der Waals surface area contributed by atoms with Gasteiger partial charge < -0.3 is 10.1 Å². The normalized spacial score (nSPS) is 20.4. The van der Waals surface area contributed by atoms with E-state index < -0.39 is 0 Å². The Morgan fingerprint density at radius 1 is 1.42 bits per heavy atom. The molecule has 1 aromatic rings. The number of morpholine rings is 1. The van der Waals surface area contributed by atoms with Crippen molar-refractivity contribution >= 4 is 5.82 Å². The number of aromatic nitrogens is 1. The van der Waals surface area contributed by atoms with Crippen molar-refractivity contribution in [2.24, 2.45) is 0 Å². The standard InChI is InChI=1S/C15H25N3O/c1-3-7-16-15-6-5-13(10-17-15)11-18-8-9-19-14(4-2)12-18/h5-6,10,14H,3-4,7-9,11-12H2,1-2H3,(H,16,17). The number of hydrogen-bond donors (Lipinski definition) is 1. The van der Waals surface area contributed by atoms with Crippen molar-refractivity contribution in [1.82, 2.24) is 9.88 Å². The Hall–Kier alpha value is -1.13. The van der Waals surface area contributed by atoms with Gasteiger partial charge in [0.1, 0.15) is 5.82 Å². The lowest BCUT2D eigenvalue weighted by molar-refractivity contribution is -0.0324. The minimum atomic E-state index is 0.396. The minimum Gasteiger partial charge on any atom is -0.376 e. The molecule has 1 N–H and O–H groups in total. The SMILES string of the molecule is CCCNc1ccc(CN2CCOC(CC)C2)cn1. The molecule has 0 spiro atoms. The molecule has 2 rings (SSSR count). The Morgan fingerprint density at radius 2 is 2.32 bits per heavy atom. The molecule has 1 fully saturated rings. The molecule has 0 saturated carbocycles. The van der Waals surface area contributed by atoms with Crippen LogP contribution in [0.1, 0.15) is 32.3 Å². The molecule has 1 aliphatic heterocycles. The lowest BCUT2D eigenvalue weighted by Crippen LogP contribution is -2.41. The van der Waals surface area contributed by atoms with Gasteiger partial charge in [-0.05, 0) is 24.5 Å². The zero-order valence-corrected chi connectivity index (χ0v) is 12.1. The van der Waals surface area contributed by atoms with Crippen LogP contribution in [0.5, 0.6) is 0 Å². The van der Waals surface area contributed by atoms with Crippen LogP contribution in [-0.2, 0) is 11.3 Å². The van der Waals surface area contributed by atoms with Crippen molar-refractivity contribution in [2.75, 3.05) is 31.6 Å². The van der Waals surface area contributed by atoms with Gasteiger partial charge in [-0.25, -0.2) is 4.98 Å². The second-order valence-electron chi connectivity index (χ2n) is 5.11. The summed E-state index contributed by atoms with van der Waals surface area (Å²) in [6, 6.07) is 4.24. The lowest BCUT2D eigenvalue weighted by atomic mass is 10.2. The van der Waals surface area contributed by atoms with E-state index in [-0.39, 0.29) is 0 Å². The summed E-state index contributed by atoms with van der Waals surface area (Å²) in [5.41, 5.74) is 1.28. The van der Waals surface area contributed by atoms with Crippen LogP contribution in [-0.4, -0.2) is 42.2 Å². The topological polar surface area (TPSA) is 37.4 Å². The van der Waals surface area contributed by atoms with Gasteiger partial charge in [0.25, 0.3) is 0 Å². The van der Waals surface area contributed by atoms with Crippen LogP contribution in [0, 0.1) is 0 Å². The number of anilines is 1. The molecule has 1 unspecified atom stereocenters. The van der Waals surface area contributed by atoms with Crippen LogP contribution in [0.15, 0.2) is 18.3 Å². The van der Waals surface area contributed by atoms with Crippen molar-refractivity contribution in [1.29, 1.82) is 0 Å². The second-order valence-corrected chi connectivity index (χ2v) is 5.11. The third-order valence-electron chi connectivity index (χ3n) is 3.47. The molecule has 0 radical (unpaired) electrons. The highest BCUT2D eigenvalue weighted by Gasteiger charge is 2.18. The van der Waals surface area contributed by atoms with Gasteiger partial charge in [-0.2, -0.15) is 0 Å². The van der Waals surface area contributed by atoms with E-state index in [2.05, 4.69) is 41.2 Å². The largest absolute Gasteiger partial charge is 0.376 e. The summed E-state index contributed by atoms with van der Waals surface area (Å²) in [7, 11) is 0. The third-order valence-corrected chi connectivity index (χ3v) is 3.47. The minimum absolute atomic E-state index is 0.396. The van der Waals surface area contributed by atoms with Crippen molar-refractivity contribution < 1.29 is 4.74 Å². The van der Waals surface area contributed by atoms with Gasteiger partial charge in [-0.3, -0.25) is 4.90 Å². The van der Waals surface area contributed by atoms with Crippen molar-refractivity contribution in [3.8, 4) is 0 Å². The first kappa shape index (κ1) is 14.3. The van der Waals surface area contributed by atoms with Gasteiger partial charge in [0.05, 0.1) is 12.7 Å². The average Bonchev–Trinajstić information content (AvgIpc) is 2.47. The summed E-state index contributed by atoms with van der Waals surface area (Å²) in [5.74, 6) is 0.971. The van der Waals surface area contributed by atoms with E-state index in [1.807, 2.05) is 6.20 Å². The van der Waals surface area contributed by atoms with Crippen LogP contribution < -0.4 is 5.32 Å². The Kier molecular flexibility index (Phi) is 5.61. The summed E-state index contributed by atoms with van der Waals surface area (Å²) in [6.07, 6.45) is 4.59. The number of rotatable bonds is 6. The predicted octanol–water partition coefficient (Wildman–Crippen LogP) is 2.51. The molecule has 4 nitrogen and oxygen atoms in total. The van der Waals surface area contributed by atoms with Crippen molar-refractivity contribution in [2.45, 2.75) is 39.3 Å². The van der Waals surface area contributed by atoms with E-state index in [1.165, 1.54) is 5.56 Å². The van der Waals surface area contributed by atoms with Crippen LogP contribution in [0.2, 0.25) is 0 Å². The lowest BCUT2D eigenvalue weighted by Gasteiger charge is -2.32. The Balaban J connectivity index is 1.85. The summed E-state index contributed by atoms with van der Waals surface area (Å²) in [5, 5.41) is 3.30. The van der Waals surface area contributed by atoms with E-state index in [0.29, 0.717) is 6.10 Å². The fraction of sp³-hybridized carbons (Fsp3) is 0.667. The molecule has 1 atom stereocenters. The Labute approximate surface area is 116 Å². The molecule has 0 bridgehead atoms. The van der Waals surface area contributed by atoms with Crippen LogP contribution in [0.3, 0.4) is 0 Å². The van der Waals surface area contributed by atoms with E-state index in [0.717, 1.165) is 51.4 Å². The number of hydrogen-bond acceptors (Lipinski definition) is 4. The summed E-state index contributed by atoms with van der Waals surface area (Å²) < 4.78 is 5.69. The van der Waals surface area contributed by atoms with E-state index >= 15 is 0 Å². The maximum absolute atomic E-state index is 5.69. The summed E-state index contributed by atoms with van der Waals surface area (Å²) in [6.45, 7) is 9.20. The predicted molar refractivity (Wildman–Crippen MR) is 78.3 cm³/mol. The molecule has 0 aliphatic carbocycles. The van der Waals surface area contributed by atoms with Crippen LogP contribution >= 0.6 is 0 Å². The molecule has 0 aromatic carbocycles. The fourth-order valence-electron chi connectivity index (χ4n) is 2.30. The third kappa shape index (κ3) is 4.48. The van der Waals surface area contributed by atoms with Crippen molar-refractivity contribution in [3.05, 3.63) is 23.9 Å². The van der Waals surface area contributed by atoms with Gasteiger partial charge in [0.2, 0.25) is 0 Å². The first-order chi connectivity index (χ1) is 9.31. The summed E-state index contributed by atoms with van der Waals surface area (Å²) in [4.78, 5) is 6.90. The van der Waals surface area contributed by atoms with Gasteiger partial charge in [-0.1, -0.05) is 19.9 Å². The fourth-order valence-corrected chi connectivity index (χ4v) is 2.30. The molecular formula is C15H25N3O. The maximum atomic E-state index is 5.69. The molecule has 4 heteroatoms. The van der Waals surface area contributed by atoms with Crippen LogP contribution in [0.25, 0.3) is 0 Å². The van der Waals surface area contributed by atoms with E-state index in [4.69, 9.17) is 4.74 Å². The van der Waals surface area contributed by atoms with Gasteiger partial charge >= 0.3 is 0 Å². The maximum Gasteiger partial charge on any atom is 0.125 e. The van der Waals surface area contributed by atoms with E-state index in [1.54, 1.807) is 0 Å². The first-order valence-electron chi connectivity index (χ1n) is 7.34. The smallest absolute Gasteiger partial charge is 0.125 e. The average molecular weight is 263 g/mol. The molecule has 106 valence electrons. The van der Waals surface area contributed by atoms with Gasteiger partial charge in [-0.15, -0.1) is 0 Å². The zero-order chi connectivity index (χ0) is 13.5. The second kappa shape index (κ2) is 7.46. The molecule has 1 aliphatic rings. The number of nitrogens with zero attached hydrogens (tertiary/aromatic N) is 2. The molecular weight excluding hydrogens is 238 g/mol. The number of pyridine rings is 1. The highest BCUT2D eigenvalue weighted by atomic mass is 16.5. The number of nitrogens with one attached hydrogen (secondary N) is 1. The van der Waals surface area contributed by atoms with Gasteiger partial charge in [0.15, 0.2) is 0 Å². The first-order valence-corrected chi connectivity index (χ1v) is 7.34. The molecule has 0 amide bonds.